The fraction of sp³-hybridized carbons (Fsp3) is 0.615. The van der Waals surface area contributed by atoms with Crippen molar-refractivity contribution in [2.24, 2.45) is 5.92 Å². The Hall–Kier alpha value is -1.13. The molecule has 1 aliphatic rings. The normalized spacial score (nSPS) is 21.6. The molecule has 1 unspecified atom stereocenters. The number of pyridine rings is 1. The maximum atomic E-state index is 8.99. The first-order chi connectivity index (χ1) is 8.28. The lowest BCUT2D eigenvalue weighted by Crippen LogP contribution is -2.35. The quantitative estimate of drug-likeness (QED) is 0.824. The molecule has 3 N–H and O–H groups in total. The van der Waals surface area contributed by atoms with E-state index in [0.717, 1.165) is 26.1 Å². The fourth-order valence-electron chi connectivity index (χ4n) is 2.56. The van der Waals surface area contributed by atoms with Crippen LogP contribution in [0.15, 0.2) is 18.3 Å². The van der Waals surface area contributed by atoms with Gasteiger partial charge in [0.25, 0.3) is 0 Å². The average Bonchev–Trinajstić information content (AvgIpc) is 2.30. The van der Waals surface area contributed by atoms with E-state index >= 15 is 0 Å². The molecule has 4 heteroatoms. The zero-order valence-corrected chi connectivity index (χ0v) is 10.2. The van der Waals surface area contributed by atoms with Gasteiger partial charge >= 0.3 is 0 Å². The fourth-order valence-corrected chi connectivity index (χ4v) is 2.56. The number of nitrogen functional groups attached to an aromatic ring is 1. The molecule has 0 bridgehead atoms. The van der Waals surface area contributed by atoms with Crippen LogP contribution in [0.1, 0.15) is 24.8 Å². The van der Waals surface area contributed by atoms with Crippen LogP contribution in [-0.4, -0.2) is 34.7 Å². The minimum absolute atomic E-state index is 0.306. The summed E-state index contributed by atoms with van der Waals surface area (Å²) in [5.41, 5.74) is 6.90. The molecule has 0 aliphatic carbocycles. The maximum Gasteiger partial charge on any atom is 0.123 e. The van der Waals surface area contributed by atoms with Gasteiger partial charge in [-0.3, -0.25) is 4.90 Å². The number of aromatic nitrogens is 1. The molecular formula is C13H21N3O. The van der Waals surface area contributed by atoms with Gasteiger partial charge in [-0.1, -0.05) is 0 Å². The summed E-state index contributed by atoms with van der Waals surface area (Å²) in [7, 11) is 0. The highest BCUT2D eigenvalue weighted by Gasteiger charge is 2.19. The molecule has 0 aromatic carbocycles. The summed E-state index contributed by atoms with van der Waals surface area (Å²) in [4.78, 5) is 6.45. The van der Waals surface area contributed by atoms with E-state index in [4.69, 9.17) is 10.8 Å². The number of nitrogens with two attached hydrogens (primary N) is 1. The van der Waals surface area contributed by atoms with E-state index < -0.39 is 0 Å². The largest absolute Gasteiger partial charge is 0.396 e. The zero-order chi connectivity index (χ0) is 12.1. The molecule has 0 spiro atoms. The summed E-state index contributed by atoms with van der Waals surface area (Å²) < 4.78 is 0. The summed E-state index contributed by atoms with van der Waals surface area (Å²) in [6, 6.07) is 3.96. The number of hydrogen-bond donors (Lipinski definition) is 2. The van der Waals surface area contributed by atoms with Gasteiger partial charge in [-0.05, 0) is 49.4 Å². The van der Waals surface area contributed by atoms with Crippen molar-refractivity contribution in [1.29, 1.82) is 0 Å². The first-order valence-electron chi connectivity index (χ1n) is 6.31. The van der Waals surface area contributed by atoms with E-state index in [1.165, 1.54) is 18.4 Å². The second-order valence-electron chi connectivity index (χ2n) is 4.84. The molecule has 2 rings (SSSR count). The van der Waals surface area contributed by atoms with Crippen LogP contribution in [0.2, 0.25) is 0 Å². The third-order valence-corrected chi connectivity index (χ3v) is 3.39. The van der Waals surface area contributed by atoms with E-state index in [-0.39, 0.29) is 0 Å². The Kier molecular flexibility index (Phi) is 4.34. The summed E-state index contributed by atoms with van der Waals surface area (Å²) in [5, 5.41) is 8.99. The molecule has 1 aromatic heterocycles. The van der Waals surface area contributed by atoms with Crippen LogP contribution in [0.4, 0.5) is 5.82 Å². The van der Waals surface area contributed by atoms with Crippen LogP contribution in [0.25, 0.3) is 0 Å². The Morgan fingerprint density at radius 2 is 2.41 bits per heavy atom. The number of piperidine rings is 1. The second-order valence-corrected chi connectivity index (χ2v) is 4.84. The van der Waals surface area contributed by atoms with Gasteiger partial charge in [0.05, 0.1) is 0 Å². The molecule has 1 aliphatic heterocycles. The number of aliphatic hydroxyl groups excluding tert-OH is 1. The van der Waals surface area contributed by atoms with E-state index in [1.54, 1.807) is 6.20 Å². The summed E-state index contributed by atoms with van der Waals surface area (Å²) in [6.07, 6.45) is 5.16. The molecule has 0 amide bonds. The molecule has 94 valence electrons. The standard InChI is InChI=1S/C13H21N3O/c14-13-8-12(3-5-15-13)10-16-6-1-2-11(9-16)4-7-17/h3,5,8,11,17H,1-2,4,6-7,9-10H2,(H2,14,15). The third kappa shape index (κ3) is 3.68. The van der Waals surface area contributed by atoms with E-state index in [2.05, 4.69) is 9.88 Å². The van der Waals surface area contributed by atoms with E-state index in [9.17, 15) is 0 Å². The predicted molar refractivity (Wildman–Crippen MR) is 68.4 cm³/mol. The number of likely N-dealkylation sites (tertiary alicyclic amines) is 1. The lowest BCUT2D eigenvalue weighted by molar-refractivity contribution is 0.142. The minimum Gasteiger partial charge on any atom is -0.396 e. The minimum atomic E-state index is 0.306. The Bertz CT molecular complexity index is 354. The molecule has 1 fully saturated rings. The lowest BCUT2D eigenvalue weighted by Gasteiger charge is -2.32. The number of hydrogen-bond acceptors (Lipinski definition) is 4. The van der Waals surface area contributed by atoms with Gasteiger partial charge in [-0.15, -0.1) is 0 Å². The van der Waals surface area contributed by atoms with Crippen LogP contribution in [0, 0.1) is 5.92 Å². The van der Waals surface area contributed by atoms with Crippen LogP contribution in [-0.2, 0) is 6.54 Å². The average molecular weight is 235 g/mol. The number of aliphatic hydroxyl groups is 1. The van der Waals surface area contributed by atoms with Crippen LogP contribution >= 0.6 is 0 Å². The molecule has 0 radical (unpaired) electrons. The molecule has 1 atom stereocenters. The van der Waals surface area contributed by atoms with Crippen molar-refractivity contribution in [2.45, 2.75) is 25.8 Å². The summed E-state index contributed by atoms with van der Waals surface area (Å²) in [6.45, 7) is 3.47. The zero-order valence-electron chi connectivity index (χ0n) is 10.2. The first kappa shape index (κ1) is 12.3. The Morgan fingerprint density at radius 3 is 3.18 bits per heavy atom. The summed E-state index contributed by atoms with van der Waals surface area (Å²) >= 11 is 0. The molecule has 2 heterocycles. The van der Waals surface area contributed by atoms with Crippen molar-refractivity contribution in [2.75, 3.05) is 25.4 Å². The topological polar surface area (TPSA) is 62.4 Å². The smallest absolute Gasteiger partial charge is 0.123 e. The molecule has 4 nitrogen and oxygen atoms in total. The first-order valence-corrected chi connectivity index (χ1v) is 6.31. The van der Waals surface area contributed by atoms with Crippen LogP contribution < -0.4 is 5.73 Å². The SMILES string of the molecule is Nc1cc(CN2CCCC(CCO)C2)ccn1. The Morgan fingerprint density at radius 1 is 1.53 bits per heavy atom. The van der Waals surface area contributed by atoms with E-state index in [0.29, 0.717) is 18.3 Å². The number of rotatable bonds is 4. The molecule has 0 saturated carbocycles. The van der Waals surface area contributed by atoms with Crippen LogP contribution in [0.5, 0.6) is 0 Å². The van der Waals surface area contributed by atoms with Gasteiger partial charge in [0.1, 0.15) is 5.82 Å². The van der Waals surface area contributed by atoms with Crippen molar-refractivity contribution < 1.29 is 5.11 Å². The monoisotopic (exact) mass is 235 g/mol. The molecule has 1 aromatic rings. The molecule has 1 saturated heterocycles. The van der Waals surface area contributed by atoms with Gasteiger partial charge in [-0.25, -0.2) is 4.98 Å². The van der Waals surface area contributed by atoms with Crippen molar-refractivity contribution in [3.05, 3.63) is 23.9 Å². The highest BCUT2D eigenvalue weighted by Crippen LogP contribution is 2.21. The van der Waals surface area contributed by atoms with Crippen molar-refractivity contribution in [3.63, 3.8) is 0 Å². The highest BCUT2D eigenvalue weighted by atomic mass is 16.3. The number of anilines is 1. The number of nitrogens with zero attached hydrogens (tertiary/aromatic N) is 2. The van der Waals surface area contributed by atoms with Crippen molar-refractivity contribution in [3.8, 4) is 0 Å². The third-order valence-electron chi connectivity index (χ3n) is 3.39. The Labute approximate surface area is 102 Å². The van der Waals surface area contributed by atoms with Gasteiger partial charge in [-0.2, -0.15) is 0 Å². The van der Waals surface area contributed by atoms with Gasteiger partial charge in [0.15, 0.2) is 0 Å². The second kappa shape index (κ2) is 5.98. The van der Waals surface area contributed by atoms with Gasteiger partial charge in [0, 0.05) is 25.9 Å². The Balaban J connectivity index is 1.90. The summed E-state index contributed by atoms with van der Waals surface area (Å²) in [5.74, 6) is 1.24. The lowest BCUT2D eigenvalue weighted by atomic mass is 9.95. The van der Waals surface area contributed by atoms with Crippen molar-refractivity contribution >= 4 is 5.82 Å². The van der Waals surface area contributed by atoms with Gasteiger partial charge < -0.3 is 10.8 Å². The van der Waals surface area contributed by atoms with Crippen molar-refractivity contribution in [1.82, 2.24) is 9.88 Å². The van der Waals surface area contributed by atoms with Gasteiger partial charge in [0.2, 0.25) is 0 Å². The van der Waals surface area contributed by atoms with Crippen LogP contribution in [0.3, 0.4) is 0 Å². The van der Waals surface area contributed by atoms with E-state index in [1.807, 2.05) is 12.1 Å². The predicted octanol–water partition coefficient (Wildman–Crippen LogP) is 1.26. The highest BCUT2D eigenvalue weighted by molar-refractivity contribution is 5.31. The molecule has 17 heavy (non-hydrogen) atoms. The molecular weight excluding hydrogens is 214 g/mol. The maximum absolute atomic E-state index is 8.99.